The van der Waals surface area contributed by atoms with E-state index in [2.05, 4.69) is 27.5 Å². The van der Waals surface area contributed by atoms with Gasteiger partial charge >= 0.3 is 0 Å². The fraction of sp³-hybridized carbons (Fsp3) is 0.320. The average molecular weight is 418 g/mol. The van der Waals surface area contributed by atoms with Crippen LogP contribution in [0.3, 0.4) is 0 Å². The lowest BCUT2D eigenvalue weighted by Crippen LogP contribution is -2.05. The van der Waals surface area contributed by atoms with Crippen molar-refractivity contribution < 1.29 is 4.39 Å². The zero-order valence-corrected chi connectivity index (χ0v) is 17.9. The summed E-state index contributed by atoms with van der Waals surface area (Å²) in [5.41, 5.74) is 10.2. The van der Waals surface area contributed by atoms with Gasteiger partial charge in [-0.1, -0.05) is 51.2 Å². The van der Waals surface area contributed by atoms with E-state index in [0.29, 0.717) is 11.4 Å². The average Bonchev–Trinajstić information content (AvgIpc) is 3.15. The zero-order chi connectivity index (χ0) is 21.6. The lowest BCUT2D eigenvalue weighted by atomic mass is 10.1. The number of fused-ring (bicyclic) bond motifs is 1. The standard InChI is InChI=1S/C25H28FN5/c1-2-3-4-5-6-9-16-31-23-11-8-7-10-20(23)28-24(31)22-17-21(29-25(27)30-22)18-12-14-19(26)15-13-18/h7-8,10-15,17H,2-6,9,16H2,1H3,(H2,27,29,30). The Morgan fingerprint density at radius 1 is 0.839 bits per heavy atom. The summed E-state index contributed by atoms with van der Waals surface area (Å²) in [6, 6.07) is 16.2. The minimum Gasteiger partial charge on any atom is -0.368 e. The van der Waals surface area contributed by atoms with Gasteiger partial charge in [-0.05, 0) is 48.9 Å². The molecular weight excluding hydrogens is 389 g/mol. The Kier molecular flexibility index (Phi) is 6.55. The molecule has 0 amide bonds. The Balaban J connectivity index is 1.68. The van der Waals surface area contributed by atoms with E-state index in [0.717, 1.165) is 35.4 Å². The van der Waals surface area contributed by atoms with Crippen LogP contribution in [0.1, 0.15) is 45.4 Å². The number of nitrogen functional groups attached to an aromatic ring is 1. The molecule has 2 N–H and O–H groups in total. The number of nitrogens with two attached hydrogens (primary N) is 1. The maximum atomic E-state index is 13.3. The first-order valence-corrected chi connectivity index (χ1v) is 11.0. The molecule has 0 aliphatic carbocycles. The van der Waals surface area contributed by atoms with Crippen LogP contribution in [0.4, 0.5) is 10.3 Å². The number of unbranched alkanes of at least 4 members (excludes halogenated alkanes) is 5. The van der Waals surface area contributed by atoms with Crippen LogP contribution in [-0.4, -0.2) is 19.5 Å². The third kappa shape index (κ3) is 4.90. The van der Waals surface area contributed by atoms with Crippen LogP contribution in [0.5, 0.6) is 0 Å². The second-order valence-corrected chi connectivity index (χ2v) is 7.85. The highest BCUT2D eigenvalue weighted by molar-refractivity contribution is 5.80. The topological polar surface area (TPSA) is 69.6 Å². The number of hydrogen-bond acceptors (Lipinski definition) is 4. The molecule has 0 unspecified atom stereocenters. The van der Waals surface area contributed by atoms with Crippen molar-refractivity contribution in [1.82, 2.24) is 19.5 Å². The van der Waals surface area contributed by atoms with Gasteiger partial charge in [-0.2, -0.15) is 0 Å². The van der Waals surface area contributed by atoms with Crippen LogP contribution in [-0.2, 0) is 6.54 Å². The van der Waals surface area contributed by atoms with Gasteiger partial charge < -0.3 is 10.3 Å². The number of nitrogens with zero attached hydrogens (tertiary/aromatic N) is 4. The van der Waals surface area contributed by atoms with E-state index >= 15 is 0 Å². The molecule has 4 aromatic rings. The maximum absolute atomic E-state index is 13.3. The third-order valence-electron chi connectivity index (χ3n) is 5.50. The fourth-order valence-corrected chi connectivity index (χ4v) is 3.90. The molecule has 0 aliphatic rings. The van der Waals surface area contributed by atoms with E-state index in [4.69, 9.17) is 10.7 Å². The van der Waals surface area contributed by atoms with Crippen LogP contribution in [0.15, 0.2) is 54.6 Å². The quantitative estimate of drug-likeness (QED) is 0.327. The van der Waals surface area contributed by atoms with Gasteiger partial charge in [0.05, 0.1) is 16.7 Å². The van der Waals surface area contributed by atoms with E-state index in [9.17, 15) is 4.39 Å². The van der Waals surface area contributed by atoms with Crippen LogP contribution in [0.25, 0.3) is 33.8 Å². The van der Waals surface area contributed by atoms with E-state index in [1.54, 1.807) is 12.1 Å². The molecule has 0 aliphatic heterocycles. The molecule has 6 heteroatoms. The Morgan fingerprint density at radius 3 is 2.35 bits per heavy atom. The summed E-state index contributed by atoms with van der Waals surface area (Å²) < 4.78 is 15.6. The van der Waals surface area contributed by atoms with Gasteiger partial charge in [-0.3, -0.25) is 0 Å². The Morgan fingerprint density at radius 2 is 1.55 bits per heavy atom. The lowest BCUT2D eigenvalue weighted by Gasteiger charge is -2.10. The first kappa shape index (κ1) is 21.0. The SMILES string of the molecule is CCCCCCCCn1c(-c2cc(-c3ccc(F)cc3)nc(N)n2)nc2ccccc21. The van der Waals surface area contributed by atoms with E-state index in [-0.39, 0.29) is 11.8 Å². The molecule has 0 radical (unpaired) electrons. The van der Waals surface area contributed by atoms with Gasteiger partial charge in [0.2, 0.25) is 5.95 Å². The normalized spacial score (nSPS) is 11.3. The smallest absolute Gasteiger partial charge is 0.221 e. The number of aryl methyl sites for hydroxylation is 1. The van der Waals surface area contributed by atoms with Gasteiger partial charge in [-0.25, -0.2) is 19.3 Å². The fourth-order valence-electron chi connectivity index (χ4n) is 3.90. The predicted molar refractivity (Wildman–Crippen MR) is 124 cm³/mol. The van der Waals surface area contributed by atoms with Gasteiger partial charge in [-0.15, -0.1) is 0 Å². The van der Waals surface area contributed by atoms with Crippen LogP contribution in [0.2, 0.25) is 0 Å². The molecule has 0 atom stereocenters. The highest BCUT2D eigenvalue weighted by Crippen LogP contribution is 2.28. The van der Waals surface area contributed by atoms with Crippen molar-refractivity contribution in [1.29, 1.82) is 0 Å². The van der Waals surface area contributed by atoms with Gasteiger partial charge in [0.15, 0.2) is 5.82 Å². The van der Waals surface area contributed by atoms with Crippen molar-refractivity contribution in [2.45, 2.75) is 52.0 Å². The highest BCUT2D eigenvalue weighted by Gasteiger charge is 2.16. The largest absolute Gasteiger partial charge is 0.368 e. The van der Waals surface area contributed by atoms with E-state index in [1.807, 2.05) is 24.3 Å². The monoisotopic (exact) mass is 417 g/mol. The first-order valence-electron chi connectivity index (χ1n) is 11.0. The molecule has 2 heterocycles. The molecule has 2 aromatic heterocycles. The van der Waals surface area contributed by atoms with Crippen molar-refractivity contribution in [2.75, 3.05) is 5.73 Å². The molecule has 31 heavy (non-hydrogen) atoms. The summed E-state index contributed by atoms with van der Waals surface area (Å²) in [7, 11) is 0. The predicted octanol–water partition coefficient (Wildman–Crippen LogP) is 6.24. The first-order chi connectivity index (χ1) is 15.2. The van der Waals surface area contributed by atoms with Crippen molar-refractivity contribution in [2.24, 2.45) is 0 Å². The second kappa shape index (κ2) is 9.69. The molecule has 0 saturated heterocycles. The van der Waals surface area contributed by atoms with Gasteiger partial charge in [0.1, 0.15) is 11.5 Å². The minimum absolute atomic E-state index is 0.176. The number of hydrogen-bond donors (Lipinski definition) is 1. The van der Waals surface area contributed by atoms with Crippen molar-refractivity contribution in [3.63, 3.8) is 0 Å². The molecule has 0 fully saturated rings. The van der Waals surface area contributed by atoms with Crippen molar-refractivity contribution in [3.05, 3.63) is 60.4 Å². The van der Waals surface area contributed by atoms with E-state index in [1.165, 1.54) is 44.2 Å². The Labute approximate surface area is 182 Å². The highest BCUT2D eigenvalue weighted by atomic mass is 19.1. The van der Waals surface area contributed by atoms with Crippen molar-refractivity contribution >= 4 is 17.0 Å². The van der Waals surface area contributed by atoms with Crippen LogP contribution >= 0.6 is 0 Å². The van der Waals surface area contributed by atoms with Gasteiger partial charge in [0.25, 0.3) is 0 Å². The minimum atomic E-state index is -0.285. The lowest BCUT2D eigenvalue weighted by molar-refractivity contribution is 0.566. The molecule has 4 rings (SSSR count). The summed E-state index contributed by atoms with van der Waals surface area (Å²) in [4.78, 5) is 13.7. The summed E-state index contributed by atoms with van der Waals surface area (Å²) in [6.07, 6.45) is 7.37. The number of anilines is 1. The van der Waals surface area contributed by atoms with Crippen LogP contribution in [0, 0.1) is 5.82 Å². The molecule has 5 nitrogen and oxygen atoms in total. The molecule has 0 saturated carbocycles. The summed E-state index contributed by atoms with van der Waals surface area (Å²) in [5, 5.41) is 0. The number of halogens is 1. The Bertz CT molecular complexity index is 1150. The van der Waals surface area contributed by atoms with Crippen LogP contribution < -0.4 is 5.73 Å². The number of rotatable bonds is 9. The Hall–Kier alpha value is -3.28. The number of para-hydroxylation sites is 2. The molecule has 160 valence electrons. The molecule has 0 bridgehead atoms. The maximum Gasteiger partial charge on any atom is 0.221 e. The molecule has 2 aromatic carbocycles. The van der Waals surface area contributed by atoms with Gasteiger partial charge in [0, 0.05) is 12.1 Å². The summed E-state index contributed by atoms with van der Waals surface area (Å²) in [5.74, 6) is 0.675. The number of benzene rings is 2. The summed E-state index contributed by atoms with van der Waals surface area (Å²) in [6.45, 7) is 3.11. The molecule has 0 spiro atoms. The number of aromatic nitrogens is 4. The summed E-state index contributed by atoms with van der Waals surface area (Å²) >= 11 is 0. The second-order valence-electron chi connectivity index (χ2n) is 7.85. The number of imidazole rings is 1. The van der Waals surface area contributed by atoms with Crippen molar-refractivity contribution in [3.8, 4) is 22.8 Å². The zero-order valence-electron chi connectivity index (χ0n) is 17.9. The molecular formula is C25H28FN5. The van der Waals surface area contributed by atoms with E-state index < -0.39 is 0 Å². The third-order valence-corrected chi connectivity index (χ3v) is 5.50.